The third kappa shape index (κ3) is 9.50. The molecule has 0 radical (unpaired) electrons. The van der Waals surface area contributed by atoms with E-state index in [-0.39, 0.29) is 16.6 Å². The van der Waals surface area contributed by atoms with Crippen LogP contribution in [0, 0.1) is 5.41 Å². The number of fused-ring (bicyclic) bond motifs is 1. The van der Waals surface area contributed by atoms with E-state index >= 15 is 0 Å². The Bertz CT molecular complexity index is 1740. The summed E-state index contributed by atoms with van der Waals surface area (Å²) in [5.74, 6) is 0.776. The van der Waals surface area contributed by atoms with Crippen LogP contribution in [-0.4, -0.2) is 27.9 Å². The number of thioether (sulfide) groups is 1. The molecule has 0 saturated heterocycles. The minimum Gasteiger partial charge on any atom is -0.386 e. The van der Waals surface area contributed by atoms with Crippen molar-refractivity contribution in [3.8, 4) is 0 Å². The normalized spacial score (nSPS) is 17.1. The summed E-state index contributed by atoms with van der Waals surface area (Å²) >= 11 is 8.17. The highest BCUT2D eigenvalue weighted by molar-refractivity contribution is 7.99. The Balaban J connectivity index is 1.16. The third-order valence-electron chi connectivity index (χ3n) is 9.77. The number of nitrogens with zero attached hydrogens (tertiary/aromatic N) is 1. The Morgan fingerprint density at radius 1 is 1.04 bits per heavy atom. The van der Waals surface area contributed by atoms with Crippen molar-refractivity contribution < 1.29 is 14.7 Å². The molecule has 0 bridgehead atoms. The number of halogens is 1. The number of hydrogen-bond donors (Lipinski definition) is 2. The second-order valence-electron chi connectivity index (χ2n) is 14.2. The highest BCUT2D eigenvalue weighted by Crippen LogP contribution is 2.53. The maximum Gasteiger partial charge on any atom is 0.325 e. The minimum absolute atomic E-state index is 0.00139. The van der Waals surface area contributed by atoms with Gasteiger partial charge in [-0.3, -0.25) is 4.79 Å². The Morgan fingerprint density at radius 3 is 2.62 bits per heavy atom. The van der Waals surface area contributed by atoms with Crippen molar-refractivity contribution in [3.63, 3.8) is 0 Å². The van der Waals surface area contributed by atoms with Gasteiger partial charge in [0.05, 0.1) is 23.2 Å². The van der Waals surface area contributed by atoms with E-state index in [1.54, 1.807) is 0 Å². The smallest absolute Gasteiger partial charge is 0.325 e. The zero-order valence-electron chi connectivity index (χ0n) is 28.1. The van der Waals surface area contributed by atoms with Gasteiger partial charge in [0.2, 0.25) is 0 Å². The summed E-state index contributed by atoms with van der Waals surface area (Å²) in [4.78, 5) is 23.2. The molecule has 6 rings (SSSR count). The highest BCUT2D eigenvalue weighted by atomic mass is 35.5. The Morgan fingerprint density at radius 2 is 1.83 bits per heavy atom. The largest absolute Gasteiger partial charge is 0.386 e. The Hall–Kier alpha value is -3.16. The molecule has 2 aliphatic carbocycles. The van der Waals surface area contributed by atoms with E-state index in [2.05, 4.69) is 54.0 Å². The molecule has 2 saturated carbocycles. The van der Waals surface area contributed by atoms with Gasteiger partial charge in [-0.1, -0.05) is 97.6 Å². The molecule has 1 aromatic heterocycles. The lowest BCUT2D eigenvalue weighted by atomic mass is 9.90. The lowest BCUT2D eigenvalue weighted by Crippen LogP contribution is -2.34. The maximum absolute atomic E-state index is 12.9. The van der Waals surface area contributed by atoms with Crippen molar-refractivity contribution in [2.24, 2.45) is 5.41 Å². The molecule has 5 nitrogen and oxygen atoms in total. The van der Waals surface area contributed by atoms with E-state index in [0.29, 0.717) is 17.5 Å². The first kappa shape index (κ1) is 34.7. The number of nitrogens with one attached hydrogen (secondary N) is 1. The minimum atomic E-state index is -0.907. The van der Waals surface area contributed by atoms with Crippen molar-refractivity contribution in [1.82, 2.24) is 10.5 Å². The van der Waals surface area contributed by atoms with Crippen LogP contribution in [0.5, 0.6) is 0 Å². The Labute approximate surface area is 294 Å². The van der Waals surface area contributed by atoms with Crippen LogP contribution < -0.4 is 5.48 Å². The molecule has 2 N–H and O–H groups in total. The van der Waals surface area contributed by atoms with Crippen molar-refractivity contribution in [1.29, 1.82) is 0 Å². The molecule has 0 aliphatic heterocycles. The molecule has 7 heteroatoms. The van der Waals surface area contributed by atoms with Crippen molar-refractivity contribution in [3.05, 3.63) is 112 Å². The molecule has 3 aromatic carbocycles. The van der Waals surface area contributed by atoms with Crippen molar-refractivity contribution >= 4 is 52.4 Å². The standard InChI is InChI=1S/C41H47ClN2O3S/c1-40(2,46)36-14-7-6-10-30(36)18-22-38(48-28-41(23-24-41)27-39(45)47-44-35-12-4-3-5-13-35)32-11-8-9-29(25-32)15-20-34-21-17-31-16-19-33(42)26-37(31)43-34/h6-11,14-17,19-21,25-26,35,38,44,46H,3-5,12-13,18,22-24,27-28H2,1-2H3/t38-/m1/s1. The SMILES string of the molecule is CC(C)(O)c1ccccc1CC[C@@H](SCC1(CC(=O)ONC2CCCCC2)CC1)c1cccc(C=Cc2ccc3ccc(Cl)cc3n2)c1. The van der Waals surface area contributed by atoms with E-state index in [9.17, 15) is 9.90 Å². The summed E-state index contributed by atoms with van der Waals surface area (Å²) in [7, 11) is 0. The number of carbonyl (C=O) groups excluding carboxylic acids is 1. The van der Waals surface area contributed by atoms with Crippen LogP contribution in [0.25, 0.3) is 23.1 Å². The topological polar surface area (TPSA) is 71.5 Å². The summed E-state index contributed by atoms with van der Waals surface area (Å²) < 4.78 is 0. The highest BCUT2D eigenvalue weighted by Gasteiger charge is 2.45. The first-order valence-corrected chi connectivity index (χ1v) is 18.8. The van der Waals surface area contributed by atoms with E-state index in [4.69, 9.17) is 21.4 Å². The van der Waals surface area contributed by atoms with Gasteiger partial charge in [0, 0.05) is 27.5 Å². The predicted octanol–water partition coefficient (Wildman–Crippen LogP) is 10.2. The number of pyridine rings is 1. The molecule has 252 valence electrons. The number of hydrogen-bond acceptors (Lipinski definition) is 6. The number of aryl methyl sites for hydroxylation is 1. The quantitative estimate of drug-likeness (QED) is 0.129. The summed E-state index contributed by atoms with van der Waals surface area (Å²) in [6.07, 6.45) is 14.3. The van der Waals surface area contributed by atoms with E-state index < -0.39 is 5.60 Å². The second kappa shape index (κ2) is 15.6. The molecule has 0 spiro atoms. The van der Waals surface area contributed by atoms with Gasteiger partial charge in [-0.25, -0.2) is 4.98 Å². The van der Waals surface area contributed by atoms with Gasteiger partial charge >= 0.3 is 5.97 Å². The summed E-state index contributed by atoms with van der Waals surface area (Å²) in [6, 6.07) is 27.1. The molecule has 1 atom stereocenters. The van der Waals surface area contributed by atoms with Gasteiger partial charge in [-0.2, -0.15) is 17.2 Å². The zero-order valence-corrected chi connectivity index (χ0v) is 29.7. The lowest BCUT2D eigenvalue weighted by molar-refractivity contribution is -0.154. The number of rotatable bonds is 14. The first-order valence-electron chi connectivity index (χ1n) is 17.4. The number of aliphatic hydroxyl groups is 1. The molecule has 0 amide bonds. The summed E-state index contributed by atoms with van der Waals surface area (Å²) in [6.45, 7) is 3.71. The fourth-order valence-corrected chi connectivity index (χ4v) is 8.48. The van der Waals surface area contributed by atoms with Crippen LogP contribution in [0.3, 0.4) is 0 Å². The molecule has 48 heavy (non-hydrogen) atoms. The molecule has 2 aliphatic rings. The van der Waals surface area contributed by atoms with E-state index in [1.165, 1.54) is 30.4 Å². The fraction of sp³-hybridized carbons (Fsp3) is 0.415. The summed E-state index contributed by atoms with van der Waals surface area (Å²) in [5, 5.41) is 12.8. The monoisotopic (exact) mass is 682 g/mol. The molecule has 0 unspecified atom stereocenters. The fourth-order valence-electron chi connectivity index (χ4n) is 6.75. The van der Waals surface area contributed by atoms with Crippen LogP contribution >= 0.6 is 23.4 Å². The molecule has 2 fully saturated rings. The molecular formula is C41H47ClN2O3S. The molecular weight excluding hydrogens is 636 g/mol. The predicted molar refractivity (Wildman–Crippen MR) is 200 cm³/mol. The van der Waals surface area contributed by atoms with Crippen LogP contribution in [0.1, 0.15) is 105 Å². The van der Waals surface area contributed by atoms with Gasteiger partial charge in [-0.15, -0.1) is 0 Å². The summed E-state index contributed by atoms with van der Waals surface area (Å²) in [5.41, 5.74) is 8.44. The number of aromatic nitrogens is 1. The number of hydroxylamine groups is 1. The average Bonchev–Trinajstić information content (AvgIpc) is 3.85. The van der Waals surface area contributed by atoms with Gasteiger partial charge in [0.25, 0.3) is 0 Å². The van der Waals surface area contributed by atoms with Gasteiger partial charge in [0.15, 0.2) is 0 Å². The van der Waals surface area contributed by atoms with Gasteiger partial charge in [0.1, 0.15) is 0 Å². The lowest BCUT2D eigenvalue weighted by Gasteiger charge is -2.25. The number of benzene rings is 3. The van der Waals surface area contributed by atoms with Crippen LogP contribution in [0.4, 0.5) is 0 Å². The van der Waals surface area contributed by atoms with Crippen molar-refractivity contribution in [2.75, 3.05) is 5.75 Å². The van der Waals surface area contributed by atoms with E-state index in [0.717, 1.165) is 72.0 Å². The molecule has 1 heterocycles. The Kier molecular flexibility index (Phi) is 11.3. The average molecular weight is 683 g/mol. The zero-order chi connectivity index (χ0) is 33.6. The first-order chi connectivity index (χ1) is 23.2. The van der Waals surface area contributed by atoms with Crippen LogP contribution in [0.15, 0.2) is 78.9 Å². The van der Waals surface area contributed by atoms with Crippen molar-refractivity contribution in [2.45, 2.75) is 94.9 Å². The van der Waals surface area contributed by atoms with Gasteiger partial charge < -0.3 is 9.94 Å². The van der Waals surface area contributed by atoms with Gasteiger partial charge in [-0.05, 0) is 104 Å². The maximum atomic E-state index is 12.9. The third-order valence-corrected chi connectivity index (χ3v) is 11.7. The van der Waals surface area contributed by atoms with Crippen LogP contribution in [0.2, 0.25) is 5.02 Å². The molecule has 4 aromatic rings. The van der Waals surface area contributed by atoms with Crippen LogP contribution in [-0.2, 0) is 21.7 Å². The van der Waals surface area contributed by atoms with E-state index in [1.807, 2.05) is 68.1 Å². The number of carbonyl (C=O) groups is 1. The second-order valence-corrected chi connectivity index (χ2v) is 15.9.